The van der Waals surface area contributed by atoms with Crippen LogP contribution >= 0.6 is 24.4 Å². The van der Waals surface area contributed by atoms with E-state index in [2.05, 4.69) is 17.6 Å². The number of amides is 1. The highest BCUT2D eigenvalue weighted by molar-refractivity contribution is 7.98. The third kappa shape index (κ3) is 3.39. The molecule has 146 valence electrons. The van der Waals surface area contributed by atoms with E-state index in [4.69, 9.17) is 0 Å². The zero-order valence-corrected chi connectivity index (χ0v) is 17.8. The Morgan fingerprint density at radius 2 is 2.07 bits per heavy atom. The number of benzene rings is 1. The molecule has 0 N–H and O–H groups in total. The van der Waals surface area contributed by atoms with E-state index in [0.717, 1.165) is 23.0 Å². The zero-order chi connectivity index (χ0) is 20.6. The average molecular weight is 417 g/mol. The Balaban J connectivity index is 2.01. The maximum absolute atomic E-state index is 15.1. The molecule has 2 aromatic rings. The number of aromatic nitrogens is 1. The molecule has 1 aromatic heterocycles. The van der Waals surface area contributed by atoms with Gasteiger partial charge in [-0.25, -0.2) is 4.39 Å². The topological polar surface area (TPSA) is 60.2 Å². The Kier molecular flexibility index (Phi) is 5.71. The van der Waals surface area contributed by atoms with Gasteiger partial charge < -0.3 is 0 Å². The molecule has 2 heterocycles. The monoisotopic (exact) mass is 416 g/mol. The second kappa shape index (κ2) is 7.74. The number of thiol groups is 1. The van der Waals surface area contributed by atoms with Crippen LogP contribution in [0.5, 0.6) is 0 Å². The van der Waals surface area contributed by atoms with Crippen LogP contribution in [0.4, 0.5) is 10.1 Å². The van der Waals surface area contributed by atoms with E-state index >= 15 is 4.39 Å². The minimum absolute atomic E-state index is 0.131. The van der Waals surface area contributed by atoms with Gasteiger partial charge in [-0.3, -0.25) is 19.6 Å². The maximum atomic E-state index is 15.1. The Labute approximate surface area is 174 Å². The van der Waals surface area contributed by atoms with Crippen molar-refractivity contribution in [2.75, 3.05) is 11.2 Å². The highest BCUT2D eigenvalue weighted by atomic mass is 32.2. The van der Waals surface area contributed by atoms with Gasteiger partial charge in [-0.05, 0) is 50.8 Å². The molecule has 0 aliphatic carbocycles. The van der Waals surface area contributed by atoms with Crippen LogP contribution in [0.3, 0.4) is 0 Å². The minimum Gasteiger partial charge on any atom is -0.282 e. The number of hydrogen-bond acceptors (Lipinski definition) is 6. The molecular formula is C20H21FN4OS2. The van der Waals surface area contributed by atoms with Crippen molar-refractivity contribution in [3.8, 4) is 6.07 Å². The number of hydrogen-bond donors (Lipinski definition) is 1. The van der Waals surface area contributed by atoms with E-state index in [-0.39, 0.29) is 22.1 Å². The predicted molar refractivity (Wildman–Crippen MR) is 112 cm³/mol. The molecule has 1 aliphatic rings. The predicted octanol–water partition coefficient (Wildman–Crippen LogP) is 3.96. The molecule has 3 rings (SSSR count). The van der Waals surface area contributed by atoms with Gasteiger partial charge in [0.25, 0.3) is 0 Å². The molecule has 28 heavy (non-hydrogen) atoms. The standard InChI is InChI=1S/C20H21FN4OS2/c1-12-5-6-13(10-23-12)11-24-19(27)25(18(26)20(24,2)3)15-8-7-14(9-22)17(28-4)16(15)21/h5-8,10,19,27H,11H2,1-4H3. The van der Waals surface area contributed by atoms with Crippen LogP contribution in [0.1, 0.15) is 30.7 Å². The fourth-order valence-electron chi connectivity index (χ4n) is 3.27. The lowest BCUT2D eigenvalue weighted by molar-refractivity contribution is -0.123. The van der Waals surface area contributed by atoms with Crippen molar-refractivity contribution >= 4 is 36.0 Å². The molecular weight excluding hydrogens is 395 g/mol. The Hall–Kier alpha value is -2.08. The first-order valence-electron chi connectivity index (χ1n) is 8.69. The molecule has 1 aromatic carbocycles. The van der Waals surface area contributed by atoms with Gasteiger partial charge in [0.1, 0.15) is 11.6 Å². The smallest absolute Gasteiger partial charge is 0.249 e. The lowest BCUT2D eigenvalue weighted by atomic mass is 10.0. The molecule has 1 fully saturated rings. The summed E-state index contributed by atoms with van der Waals surface area (Å²) < 4.78 is 15.1. The van der Waals surface area contributed by atoms with Crippen LogP contribution in [-0.4, -0.2) is 33.1 Å². The zero-order valence-electron chi connectivity index (χ0n) is 16.1. The van der Waals surface area contributed by atoms with Crippen molar-refractivity contribution in [2.24, 2.45) is 0 Å². The molecule has 0 spiro atoms. The fraction of sp³-hybridized carbons (Fsp3) is 0.350. The van der Waals surface area contributed by atoms with Crippen LogP contribution in [0.25, 0.3) is 0 Å². The molecule has 1 saturated heterocycles. The summed E-state index contributed by atoms with van der Waals surface area (Å²) in [5.74, 6) is -0.822. The number of halogens is 1. The van der Waals surface area contributed by atoms with Gasteiger partial charge in [-0.1, -0.05) is 6.07 Å². The van der Waals surface area contributed by atoms with Gasteiger partial charge in [-0.15, -0.1) is 24.4 Å². The SMILES string of the molecule is CSc1c(C#N)ccc(N2C(=O)C(C)(C)N(Cc3ccc(C)nc3)C2S)c1F. The fourth-order valence-corrected chi connectivity index (χ4v) is 4.49. The van der Waals surface area contributed by atoms with Crippen LogP contribution < -0.4 is 4.90 Å². The van der Waals surface area contributed by atoms with Gasteiger partial charge in [0, 0.05) is 18.4 Å². The maximum Gasteiger partial charge on any atom is 0.249 e. The van der Waals surface area contributed by atoms with Crippen molar-refractivity contribution in [1.82, 2.24) is 9.88 Å². The summed E-state index contributed by atoms with van der Waals surface area (Å²) >= 11 is 5.79. The van der Waals surface area contributed by atoms with Gasteiger partial charge >= 0.3 is 0 Å². The summed E-state index contributed by atoms with van der Waals surface area (Å²) in [6.45, 7) is 5.96. The number of anilines is 1. The number of pyridine rings is 1. The largest absolute Gasteiger partial charge is 0.282 e. The summed E-state index contributed by atoms with van der Waals surface area (Å²) in [5, 5.41) is 9.20. The second-order valence-electron chi connectivity index (χ2n) is 7.11. The summed E-state index contributed by atoms with van der Waals surface area (Å²) in [4.78, 5) is 21.0. The Morgan fingerprint density at radius 1 is 1.36 bits per heavy atom. The Bertz CT molecular complexity index is 956. The first-order valence-corrected chi connectivity index (χ1v) is 10.4. The number of rotatable bonds is 4. The highest BCUT2D eigenvalue weighted by Crippen LogP contribution is 2.40. The molecule has 0 saturated carbocycles. The van der Waals surface area contributed by atoms with Gasteiger partial charge in [0.05, 0.1) is 21.7 Å². The van der Waals surface area contributed by atoms with Crippen LogP contribution in [0.2, 0.25) is 0 Å². The molecule has 1 aliphatic heterocycles. The lowest BCUT2D eigenvalue weighted by Gasteiger charge is -2.31. The summed E-state index contributed by atoms with van der Waals surface area (Å²) in [5.41, 5.74) is 0.702. The third-order valence-electron chi connectivity index (χ3n) is 4.96. The second-order valence-corrected chi connectivity index (χ2v) is 8.39. The minimum atomic E-state index is -0.878. The van der Waals surface area contributed by atoms with Crippen LogP contribution in [-0.2, 0) is 11.3 Å². The molecule has 0 radical (unpaired) electrons. The van der Waals surface area contributed by atoms with E-state index in [1.807, 2.05) is 30.0 Å². The first-order chi connectivity index (χ1) is 13.2. The van der Waals surface area contributed by atoms with Crippen LogP contribution in [0, 0.1) is 24.1 Å². The number of carbonyl (C=O) groups is 1. The third-order valence-corrected chi connectivity index (χ3v) is 6.27. The quantitative estimate of drug-likeness (QED) is 0.604. The summed E-state index contributed by atoms with van der Waals surface area (Å²) in [6, 6.07) is 8.87. The van der Waals surface area contributed by atoms with Crippen molar-refractivity contribution in [1.29, 1.82) is 5.26 Å². The van der Waals surface area contributed by atoms with Crippen molar-refractivity contribution in [3.05, 3.63) is 53.1 Å². The number of thioether (sulfide) groups is 1. The number of aryl methyl sites for hydroxylation is 1. The van der Waals surface area contributed by atoms with E-state index in [9.17, 15) is 10.1 Å². The normalized spacial score (nSPS) is 19.1. The molecule has 1 atom stereocenters. The molecule has 0 bridgehead atoms. The first kappa shape index (κ1) is 20.6. The number of nitrogens with zero attached hydrogens (tertiary/aromatic N) is 4. The van der Waals surface area contributed by atoms with Crippen molar-refractivity contribution in [2.45, 2.75) is 43.2 Å². The Morgan fingerprint density at radius 3 is 2.64 bits per heavy atom. The number of carbonyl (C=O) groups excluding carboxylic acids is 1. The highest BCUT2D eigenvalue weighted by Gasteiger charge is 2.51. The summed E-state index contributed by atoms with van der Waals surface area (Å²) in [6.07, 6.45) is 3.47. The van der Waals surface area contributed by atoms with E-state index < -0.39 is 16.9 Å². The van der Waals surface area contributed by atoms with Crippen molar-refractivity contribution < 1.29 is 9.18 Å². The summed E-state index contributed by atoms with van der Waals surface area (Å²) in [7, 11) is 0. The van der Waals surface area contributed by atoms with E-state index in [1.165, 1.54) is 17.0 Å². The average Bonchev–Trinajstić information content (AvgIpc) is 2.83. The molecule has 1 amide bonds. The number of nitriles is 1. The van der Waals surface area contributed by atoms with E-state index in [1.54, 1.807) is 26.3 Å². The molecule has 8 heteroatoms. The van der Waals surface area contributed by atoms with Crippen LogP contribution in [0.15, 0.2) is 35.4 Å². The molecule has 5 nitrogen and oxygen atoms in total. The van der Waals surface area contributed by atoms with Gasteiger partial charge in [0.15, 0.2) is 5.82 Å². The molecule has 1 unspecified atom stereocenters. The lowest BCUT2D eigenvalue weighted by Crippen LogP contribution is -2.44. The van der Waals surface area contributed by atoms with Gasteiger partial charge in [0.2, 0.25) is 5.91 Å². The van der Waals surface area contributed by atoms with Gasteiger partial charge in [-0.2, -0.15) is 5.26 Å². The van der Waals surface area contributed by atoms with E-state index in [0.29, 0.717) is 6.54 Å². The van der Waals surface area contributed by atoms with Crippen molar-refractivity contribution in [3.63, 3.8) is 0 Å².